The Kier molecular flexibility index (Phi) is 5.99. The lowest BCUT2D eigenvalue weighted by Gasteiger charge is -2.13. The van der Waals surface area contributed by atoms with Gasteiger partial charge in [-0.05, 0) is 6.42 Å². The molecule has 0 spiro atoms. The average Bonchev–Trinajstić information content (AvgIpc) is 2.11. The Labute approximate surface area is 79.5 Å². The van der Waals surface area contributed by atoms with Gasteiger partial charge in [0.1, 0.15) is 0 Å². The molecule has 74 valence electrons. The van der Waals surface area contributed by atoms with Crippen LogP contribution in [0.1, 0.15) is 26.7 Å². The van der Waals surface area contributed by atoms with Gasteiger partial charge in [0.05, 0.1) is 12.0 Å². The summed E-state index contributed by atoms with van der Waals surface area (Å²) in [6.45, 7) is 4.14. The summed E-state index contributed by atoms with van der Waals surface area (Å²) in [4.78, 5) is 10.5. The molecule has 0 saturated carbocycles. The van der Waals surface area contributed by atoms with Gasteiger partial charge in [-0.2, -0.15) is 0 Å². The summed E-state index contributed by atoms with van der Waals surface area (Å²) in [6, 6.07) is 0.00630. The van der Waals surface area contributed by atoms with Gasteiger partial charge in [0, 0.05) is 6.54 Å². The Morgan fingerprint density at radius 2 is 2.31 bits per heavy atom. The fourth-order valence-electron chi connectivity index (χ4n) is 0.939. The number of aliphatic carboxylic acids is 1. The minimum Gasteiger partial charge on any atom is -0.481 e. The minimum absolute atomic E-state index is 0.00630. The van der Waals surface area contributed by atoms with Crippen molar-refractivity contribution < 1.29 is 9.90 Å². The van der Waals surface area contributed by atoms with E-state index in [0.29, 0.717) is 6.54 Å². The highest BCUT2D eigenvalue weighted by molar-refractivity contribution is 5.69. The zero-order valence-electron chi connectivity index (χ0n) is 8.21. The van der Waals surface area contributed by atoms with Gasteiger partial charge in [0.2, 0.25) is 0 Å². The van der Waals surface area contributed by atoms with E-state index in [1.165, 1.54) is 0 Å². The highest BCUT2D eigenvalue weighted by Crippen LogP contribution is 1.97. The van der Waals surface area contributed by atoms with Crippen molar-refractivity contribution in [2.24, 2.45) is 5.92 Å². The highest BCUT2D eigenvalue weighted by atomic mass is 16.4. The maximum Gasteiger partial charge on any atom is 0.307 e. The third-order valence-electron chi connectivity index (χ3n) is 1.87. The first kappa shape index (κ1) is 12.0. The van der Waals surface area contributed by atoms with Gasteiger partial charge >= 0.3 is 5.97 Å². The van der Waals surface area contributed by atoms with Crippen LogP contribution in [-0.2, 0) is 4.79 Å². The summed E-state index contributed by atoms with van der Waals surface area (Å²) in [5.41, 5.74) is 0. The SMILES string of the molecule is C#CC(CCC)NCC(C)C(=O)O. The molecule has 0 saturated heterocycles. The van der Waals surface area contributed by atoms with Crippen LogP contribution in [0.5, 0.6) is 0 Å². The first-order valence-corrected chi connectivity index (χ1v) is 4.54. The molecule has 0 aliphatic rings. The molecule has 0 aliphatic heterocycles. The fourth-order valence-corrected chi connectivity index (χ4v) is 0.939. The van der Waals surface area contributed by atoms with E-state index in [4.69, 9.17) is 11.5 Å². The summed E-state index contributed by atoms with van der Waals surface area (Å²) in [7, 11) is 0. The molecule has 0 heterocycles. The molecule has 0 amide bonds. The predicted molar refractivity (Wildman–Crippen MR) is 52.3 cm³/mol. The van der Waals surface area contributed by atoms with E-state index in [-0.39, 0.29) is 12.0 Å². The zero-order chi connectivity index (χ0) is 10.3. The molecule has 0 aromatic carbocycles. The van der Waals surface area contributed by atoms with E-state index in [1.807, 2.05) is 6.92 Å². The number of carboxylic acid groups (broad SMARTS) is 1. The molecule has 0 radical (unpaired) electrons. The lowest BCUT2D eigenvalue weighted by Crippen LogP contribution is -2.33. The van der Waals surface area contributed by atoms with E-state index in [9.17, 15) is 4.79 Å². The third kappa shape index (κ3) is 5.26. The minimum atomic E-state index is -0.792. The van der Waals surface area contributed by atoms with Crippen LogP contribution in [0.4, 0.5) is 0 Å². The molecule has 2 N–H and O–H groups in total. The molecule has 13 heavy (non-hydrogen) atoms. The van der Waals surface area contributed by atoms with Crippen LogP contribution in [0.25, 0.3) is 0 Å². The van der Waals surface area contributed by atoms with Crippen molar-refractivity contribution in [2.45, 2.75) is 32.7 Å². The zero-order valence-corrected chi connectivity index (χ0v) is 8.21. The topological polar surface area (TPSA) is 49.3 Å². The third-order valence-corrected chi connectivity index (χ3v) is 1.87. The maximum absolute atomic E-state index is 10.5. The molecule has 0 aliphatic carbocycles. The molecule has 0 bridgehead atoms. The van der Waals surface area contributed by atoms with Gasteiger partial charge in [0.15, 0.2) is 0 Å². The molecule has 2 atom stereocenters. The Morgan fingerprint density at radius 1 is 1.69 bits per heavy atom. The summed E-state index contributed by atoms with van der Waals surface area (Å²) in [5, 5.41) is 11.6. The van der Waals surface area contributed by atoms with Gasteiger partial charge in [-0.25, -0.2) is 0 Å². The fraction of sp³-hybridized carbons (Fsp3) is 0.700. The monoisotopic (exact) mass is 183 g/mol. The highest BCUT2D eigenvalue weighted by Gasteiger charge is 2.12. The second kappa shape index (κ2) is 6.50. The molecule has 3 heteroatoms. The molecule has 0 aromatic rings. The van der Waals surface area contributed by atoms with Gasteiger partial charge < -0.3 is 10.4 Å². The van der Waals surface area contributed by atoms with Crippen molar-refractivity contribution in [2.75, 3.05) is 6.54 Å². The van der Waals surface area contributed by atoms with Crippen molar-refractivity contribution in [3.8, 4) is 12.3 Å². The van der Waals surface area contributed by atoms with E-state index in [0.717, 1.165) is 12.8 Å². The first-order chi connectivity index (χ1) is 6.11. The maximum atomic E-state index is 10.5. The summed E-state index contributed by atoms with van der Waals surface area (Å²) >= 11 is 0. The number of rotatable bonds is 6. The Hall–Kier alpha value is -1.01. The van der Waals surface area contributed by atoms with Crippen molar-refractivity contribution in [1.29, 1.82) is 0 Å². The van der Waals surface area contributed by atoms with Crippen molar-refractivity contribution >= 4 is 5.97 Å². The van der Waals surface area contributed by atoms with Crippen LogP contribution in [0.2, 0.25) is 0 Å². The van der Waals surface area contributed by atoms with Crippen LogP contribution in [0.15, 0.2) is 0 Å². The smallest absolute Gasteiger partial charge is 0.307 e. The van der Waals surface area contributed by atoms with Crippen molar-refractivity contribution in [3.63, 3.8) is 0 Å². The lowest BCUT2D eigenvalue weighted by molar-refractivity contribution is -0.140. The van der Waals surface area contributed by atoms with Gasteiger partial charge in [-0.3, -0.25) is 4.79 Å². The van der Waals surface area contributed by atoms with Crippen LogP contribution in [0, 0.1) is 18.3 Å². The number of hydrogen-bond acceptors (Lipinski definition) is 2. The lowest BCUT2D eigenvalue weighted by atomic mass is 10.1. The van der Waals surface area contributed by atoms with E-state index in [2.05, 4.69) is 11.2 Å². The summed E-state index contributed by atoms with van der Waals surface area (Å²) in [6.07, 6.45) is 7.16. The number of hydrogen-bond donors (Lipinski definition) is 2. The number of nitrogens with one attached hydrogen (secondary N) is 1. The molecular formula is C10H17NO2. The molecular weight excluding hydrogens is 166 g/mol. The summed E-state index contributed by atoms with van der Waals surface area (Å²) in [5.74, 6) is 1.42. The Morgan fingerprint density at radius 3 is 2.69 bits per heavy atom. The number of carbonyl (C=O) groups is 1. The number of carboxylic acids is 1. The van der Waals surface area contributed by atoms with E-state index < -0.39 is 5.97 Å². The average molecular weight is 183 g/mol. The second-order valence-electron chi connectivity index (χ2n) is 3.16. The quantitative estimate of drug-likeness (QED) is 0.606. The van der Waals surface area contributed by atoms with Gasteiger partial charge in [0.25, 0.3) is 0 Å². The Bertz CT molecular complexity index is 196. The second-order valence-corrected chi connectivity index (χ2v) is 3.16. The van der Waals surface area contributed by atoms with Crippen LogP contribution < -0.4 is 5.32 Å². The first-order valence-electron chi connectivity index (χ1n) is 4.54. The standard InChI is InChI=1S/C10H17NO2/c1-4-6-9(5-2)11-7-8(3)10(12)13/h2,8-9,11H,4,6-7H2,1,3H3,(H,12,13). The van der Waals surface area contributed by atoms with Gasteiger partial charge in [-0.1, -0.05) is 26.2 Å². The normalized spacial score (nSPS) is 14.5. The van der Waals surface area contributed by atoms with Crippen LogP contribution >= 0.6 is 0 Å². The van der Waals surface area contributed by atoms with E-state index in [1.54, 1.807) is 6.92 Å². The molecule has 0 fully saturated rings. The largest absolute Gasteiger partial charge is 0.481 e. The number of terminal acetylenes is 1. The van der Waals surface area contributed by atoms with E-state index >= 15 is 0 Å². The molecule has 0 rings (SSSR count). The van der Waals surface area contributed by atoms with Crippen molar-refractivity contribution in [3.05, 3.63) is 0 Å². The van der Waals surface area contributed by atoms with Crippen LogP contribution in [0.3, 0.4) is 0 Å². The Balaban J connectivity index is 3.73. The predicted octanol–water partition coefficient (Wildman–Crippen LogP) is 1.10. The molecule has 2 unspecified atom stereocenters. The molecule has 0 aromatic heterocycles. The van der Waals surface area contributed by atoms with Crippen molar-refractivity contribution in [1.82, 2.24) is 5.32 Å². The van der Waals surface area contributed by atoms with Gasteiger partial charge in [-0.15, -0.1) is 6.42 Å². The summed E-state index contributed by atoms with van der Waals surface area (Å²) < 4.78 is 0. The van der Waals surface area contributed by atoms with Crippen LogP contribution in [-0.4, -0.2) is 23.7 Å². The molecule has 3 nitrogen and oxygen atoms in total.